The Labute approximate surface area is 101 Å². The molecule has 0 aromatic carbocycles. The number of methoxy groups -OCH3 is 1. The Balaban J connectivity index is 2.41. The molecule has 98 valence electrons. The largest absolute Gasteiger partial charge is 0.383 e. The number of hydrogen-bond donors (Lipinski definition) is 2. The SMILES string of the molecule is CNC(=O)C1CCN(C(=O)C(N)COC)CC1. The van der Waals surface area contributed by atoms with Crippen LogP contribution in [0.4, 0.5) is 0 Å². The predicted molar refractivity (Wildman–Crippen MR) is 63.2 cm³/mol. The topological polar surface area (TPSA) is 84.7 Å². The number of rotatable bonds is 4. The van der Waals surface area contributed by atoms with Gasteiger partial charge in [0, 0.05) is 33.2 Å². The number of carbonyl (C=O) groups is 2. The zero-order chi connectivity index (χ0) is 12.8. The Morgan fingerprint density at radius 3 is 2.53 bits per heavy atom. The molecule has 0 aromatic rings. The quantitative estimate of drug-likeness (QED) is 0.659. The van der Waals surface area contributed by atoms with Crippen molar-refractivity contribution in [2.75, 3.05) is 33.9 Å². The van der Waals surface area contributed by atoms with Gasteiger partial charge in [-0.3, -0.25) is 9.59 Å². The molecule has 1 atom stereocenters. The Bertz CT molecular complexity index is 275. The van der Waals surface area contributed by atoms with E-state index >= 15 is 0 Å². The summed E-state index contributed by atoms with van der Waals surface area (Å²) in [5, 5.41) is 2.63. The minimum atomic E-state index is -0.600. The molecule has 0 aromatic heterocycles. The monoisotopic (exact) mass is 243 g/mol. The second-order valence-electron chi connectivity index (χ2n) is 4.28. The zero-order valence-electron chi connectivity index (χ0n) is 10.4. The maximum atomic E-state index is 11.9. The molecule has 1 unspecified atom stereocenters. The Morgan fingerprint density at radius 2 is 2.06 bits per heavy atom. The van der Waals surface area contributed by atoms with Gasteiger partial charge >= 0.3 is 0 Å². The van der Waals surface area contributed by atoms with Gasteiger partial charge in [-0.1, -0.05) is 0 Å². The molecule has 1 heterocycles. The number of likely N-dealkylation sites (tertiary alicyclic amines) is 1. The summed E-state index contributed by atoms with van der Waals surface area (Å²) in [5.41, 5.74) is 5.68. The van der Waals surface area contributed by atoms with Gasteiger partial charge in [-0.15, -0.1) is 0 Å². The number of ether oxygens (including phenoxy) is 1. The number of amides is 2. The summed E-state index contributed by atoms with van der Waals surface area (Å²) in [6.07, 6.45) is 1.40. The Kier molecular flexibility index (Phi) is 5.37. The van der Waals surface area contributed by atoms with Crippen LogP contribution in [0, 0.1) is 5.92 Å². The van der Waals surface area contributed by atoms with Crippen molar-refractivity contribution in [2.24, 2.45) is 11.7 Å². The van der Waals surface area contributed by atoms with Crippen molar-refractivity contribution in [2.45, 2.75) is 18.9 Å². The molecule has 1 aliphatic heterocycles. The lowest BCUT2D eigenvalue weighted by molar-refractivity contribution is -0.137. The van der Waals surface area contributed by atoms with Gasteiger partial charge in [0.25, 0.3) is 0 Å². The maximum absolute atomic E-state index is 11.9. The second-order valence-corrected chi connectivity index (χ2v) is 4.28. The van der Waals surface area contributed by atoms with Crippen LogP contribution in [0.25, 0.3) is 0 Å². The van der Waals surface area contributed by atoms with Gasteiger partial charge in [-0.2, -0.15) is 0 Å². The summed E-state index contributed by atoms with van der Waals surface area (Å²) in [6.45, 7) is 1.41. The van der Waals surface area contributed by atoms with E-state index in [1.165, 1.54) is 7.11 Å². The highest BCUT2D eigenvalue weighted by Crippen LogP contribution is 2.17. The summed E-state index contributed by atoms with van der Waals surface area (Å²) >= 11 is 0. The van der Waals surface area contributed by atoms with E-state index in [0.717, 1.165) is 0 Å². The van der Waals surface area contributed by atoms with Crippen LogP contribution in [0.5, 0.6) is 0 Å². The average molecular weight is 243 g/mol. The lowest BCUT2D eigenvalue weighted by Gasteiger charge is -2.32. The van der Waals surface area contributed by atoms with E-state index in [1.54, 1.807) is 11.9 Å². The lowest BCUT2D eigenvalue weighted by Crippen LogP contribution is -2.50. The van der Waals surface area contributed by atoms with Gasteiger partial charge in [0.2, 0.25) is 11.8 Å². The van der Waals surface area contributed by atoms with Gasteiger partial charge in [-0.05, 0) is 12.8 Å². The lowest BCUT2D eigenvalue weighted by atomic mass is 9.95. The van der Waals surface area contributed by atoms with Crippen LogP contribution in [-0.4, -0.2) is 56.6 Å². The third-order valence-corrected chi connectivity index (χ3v) is 3.09. The maximum Gasteiger partial charge on any atom is 0.241 e. The minimum absolute atomic E-state index is 0.0164. The van der Waals surface area contributed by atoms with Crippen LogP contribution in [0.15, 0.2) is 0 Å². The van der Waals surface area contributed by atoms with Crippen LogP contribution >= 0.6 is 0 Å². The van der Waals surface area contributed by atoms with Crippen LogP contribution in [0.2, 0.25) is 0 Å². The molecule has 17 heavy (non-hydrogen) atoms. The van der Waals surface area contributed by atoms with Crippen LogP contribution in [0.1, 0.15) is 12.8 Å². The summed E-state index contributed by atoms with van der Waals surface area (Å²) in [7, 11) is 3.15. The number of nitrogens with one attached hydrogen (secondary N) is 1. The van der Waals surface area contributed by atoms with Crippen LogP contribution in [0.3, 0.4) is 0 Å². The molecule has 3 N–H and O–H groups in total. The van der Waals surface area contributed by atoms with Gasteiger partial charge in [0.1, 0.15) is 6.04 Å². The molecule has 1 aliphatic rings. The highest BCUT2D eigenvalue weighted by atomic mass is 16.5. The van der Waals surface area contributed by atoms with E-state index in [-0.39, 0.29) is 24.3 Å². The molecule has 1 rings (SSSR count). The van der Waals surface area contributed by atoms with E-state index in [0.29, 0.717) is 25.9 Å². The molecular weight excluding hydrogens is 222 g/mol. The predicted octanol–water partition coefficient (Wildman–Crippen LogP) is -1.06. The standard InChI is InChI=1S/C11H21N3O3/c1-13-10(15)8-3-5-14(6-4-8)11(16)9(12)7-17-2/h8-9H,3-7,12H2,1-2H3,(H,13,15). The number of nitrogens with zero attached hydrogens (tertiary/aromatic N) is 1. The highest BCUT2D eigenvalue weighted by Gasteiger charge is 2.28. The molecule has 6 nitrogen and oxygen atoms in total. The fraction of sp³-hybridized carbons (Fsp3) is 0.818. The molecule has 1 fully saturated rings. The molecule has 0 radical (unpaired) electrons. The van der Waals surface area contributed by atoms with E-state index in [4.69, 9.17) is 10.5 Å². The van der Waals surface area contributed by atoms with Crippen molar-refractivity contribution in [1.82, 2.24) is 10.2 Å². The van der Waals surface area contributed by atoms with Gasteiger partial charge < -0.3 is 20.7 Å². The van der Waals surface area contributed by atoms with E-state index < -0.39 is 6.04 Å². The first-order chi connectivity index (χ1) is 8.10. The van der Waals surface area contributed by atoms with Crippen molar-refractivity contribution < 1.29 is 14.3 Å². The van der Waals surface area contributed by atoms with Crippen molar-refractivity contribution in [3.8, 4) is 0 Å². The molecule has 0 saturated carbocycles. The fourth-order valence-corrected chi connectivity index (χ4v) is 2.05. The summed E-state index contributed by atoms with van der Waals surface area (Å²) < 4.78 is 4.86. The number of hydrogen-bond acceptors (Lipinski definition) is 4. The van der Waals surface area contributed by atoms with Crippen molar-refractivity contribution in [3.63, 3.8) is 0 Å². The third kappa shape index (κ3) is 3.67. The first kappa shape index (κ1) is 13.9. The average Bonchev–Trinajstić information content (AvgIpc) is 2.37. The van der Waals surface area contributed by atoms with E-state index in [9.17, 15) is 9.59 Å². The van der Waals surface area contributed by atoms with Crippen LogP contribution in [-0.2, 0) is 14.3 Å². The van der Waals surface area contributed by atoms with Crippen molar-refractivity contribution in [1.29, 1.82) is 0 Å². The molecule has 0 spiro atoms. The first-order valence-corrected chi connectivity index (χ1v) is 5.85. The van der Waals surface area contributed by atoms with Crippen molar-refractivity contribution >= 4 is 11.8 Å². The summed E-state index contributed by atoms with van der Waals surface area (Å²) in [6, 6.07) is -0.600. The van der Waals surface area contributed by atoms with Gasteiger partial charge in [0.15, 0.2) is 0 Å². The minimum Gasteiger partial charge on any atom is -0.383 e. The molecule has 0 bridgehead atoms. The molecule has 6 heteroatoms. The Morgan fingerprint density at radius 1 is 1.47 bits per heavy atom. The summed E-state index contributed by atoms with van der Waals surface area (Å²) in [4.78, 5) is 25.0. The molecule has 0 aliphatic carbocycles. The smallest absolute Gasteiger partial charge is 0.241 e. The molecular formula is C11H21N3O3. The van der Waals surface area contributed by atoms with Crippen LogP contribution < -0.4 is 11.1 Å². The van der Waals surface area contributed by atoms with Crippen molar-refractivity contribution in [3.05, 3.63) is 0 Å². The third-order valence-electron chi connectivity index (χ3n) is 3.09. The number of piperidine rings is 1. The first-order valence-electron chi connectivity index (χ1n) is 5.85. The zero-order valence-corrected chi connectivity index (χ0v) is 10.4. The highest BCUT2D eigenvalue weighted by molar-refractivity contribution is 5.82. The fourth-order valence-electron chi connectivity index (χ4n) is 2.05. The Hall–Kier alpha value is -1.14. The molecule has 2 amide bonds. The summed E-state index contributed by atoms with van der Waals surface area (Å²) in [5.74, 6) is -0.0248. The van der Waals surface area contributed by atoms with Gasteiger partial charge in [-0.25, -0.2) is 0 Å². The second kappa shape index (κ2) is 6.56. The normalized spacial score (nSPS) is 18.9. The van der Waals surface area contributed by atoms with Gasteiger partial charge in [0.05, 0.1) is 6.61 Å². The number of nitrogens with two attached hydrogens (primary N) is 1. The number of carbonyl (C=O) groups excluding carboxylic acids is 2. The van der Waals surface area contributed by atoms with E-state index in [1.807, 2.05) is 0 Å². The van der Waals surface area contributed by atoms with E-state index in [2.05, 4.69) is 5.32 Å². The molecule has 1 saturated heterocycles.